The molecule has 1 atom stereocenters. The zero-order valence-corrected chi connectivity index (χ0v) is 10.9. The summed E-state index contributed by atoms with van der Waals surface area (Å²) in [5.41, 5.74) is 0.108. The number of aromatic nitrogens is 2. The minimum Gasteiger partial charge on any atom is -0.481 e. The smallest absolute Gasteiger partial charge is 0.358 e. The van der Waals surface area contributed by atoms with Gasteiger partial charge in [0.05, 0.1) is 13.0 Å². The first kappa shape index (κ1) is 14.9. The van der Waals surface area contributed by atoms with Crippen LogP contribution in [0, 0.1) is 5.92 Å². The van der Waals surface area contributed by atoms with Gasteiger partial charge in [0.25, 0.3) is 0 Å². The Balaban J connectivity index is 2.58. The zero-order valence-electron chi connectivity index (χ0n) is 10.9. The van der Waals surface area contributed by atoms with Gasteiger partial charge in [0.2, 0.25) is 0 Å². The second-order valence-electron chi connectivity index (χ2n) is 4.00. The summed E-state index contributed by atoms with van der Waals surface area (Å²) >= 11 is 0. The number of carbonyl (C=O) groups is 2. The van der Waals surface area contributed by atoms with Crippen LogP contribution in [0.1, 0.15) is 30.3 Å². The number of rotatable bonds is 7. The van der Waals surface area contributed by atoms with Gasteiger partial charge in [-0.05, 0) is 18.6 Å². The van der Waals surface area contributed by atoms with E-state index >= 15 is 0 Å². The molecule has 19 heavy (non-hydrogen) atoms. The van der Waals surface area contributed by atoms with Crippen LogP contribution < -0.4 is 5.32 Å². The van der Waals surface area contributed by atoms with Crippen molar-refractivity contribution in [2.24, 2.45) is 5.92 Å². The van der Waals surface area contributed by atoms with Gasteiger partial charge in [-0.3, -0.25) is 4.79 Å². The molecule has 0 saturated carbocycles. The van der Waals surface area contributed by atoms with Crippen molar-refractivity contribution in [1.82, 2.24) is 10.2 Å². The molecule has 1 aromatic heterocycles. The van der Waals surface area contributed by atoms with Crippen molar-refractivity contribution in [3.63, 3.8) is 0 Å². The molecule has 0 saturated heterocycles. The zero-order chi connectivity index (χ0) is 14.3. The summed E-state index contributed by atoms with van der Waals surface area (Å²) in [4.78, 5) is 22.1. The summed E-state index contributed by atoms with van der Waals surface area (Å²) in [7, 11) is 1.26. The van der Waals surface area contributed by atoms with Crippen molar-refractivity contribution in [1.29, 1.82) is 0 Å². The molecule has 0 aromatic carbocycles. The monoisotopic (exact) mass is 267 g/mol. The minimum atomic E-state index is -0.839. The number of hydrogen-bond acceptors (Lipinski definition) is 6. The van der Waals surface area contributed by atoms with Crippen LogP contribution in [0.3, 0.4) is 0 Å². The number of hydrogen-bond donors (Lipinski definition) is 2. The number of carboxylic acids is 1. The van der Waals surface area contributed by atoms with Crippen molar-refractivity contribution < 1.29 is 19.4 Å². The molecule has 1 unspecified atom stereocenters. The number of nitrogens with zero attached hydrogens (tertiary/aromatic N) is 2. The summed E-state index contributed by atoms with van der Waals surface area (Å²) in [6, 6.07) is 3.03. The summed E-state index contributed by atoms with van der Waals surface area (Å²) in [6.07, 6.45) is 1.39. The maximum absolute atomic E-state index is 11.1. The van der Waals surface area contributed by atoms with Gasteiger partial charge < -0.3 is 15.2 Å². The molecule has 0 amide bonds. The van der Waals surface area contributed by atoms with E-state index in [1.807, 2.05) is 6.92 Å². The Morgan fingerprint density at radius 2 is 2.16 bits per heavy atom. The molecule has 7 nitrogen and oxygen atoms in total. The maximum atomic E-state index is 11.1. The second kappa shape index (κ2) is 7.30. The molecule has 0 bridgehead atoms. The van der Waals surface area contributed by atoms with Gasteiger partial charge >= 0.3 is 11.9 Å². The Hall–Kier alpha value is -2.18. The van der Waals surface area contributed by atoms with Crippen LogP contribution >= 0.6 is 0 Å². The third kappa shape index (κ3) is 4.53. The predicted molar refractivity (Wildman–Crippen MR) is 67.9 cm³/mol. The number of anilines is 1. The highest BCUT2D eigenvalue weighted by atomic mass is 16.5. The number of nitrogens with one attached hydrogen (secondary N) is 1. The predicted octanol–water partition coefficient (Wildman–Crippen LogP) is 1.18. The number of carbonyl (C=O) groups excluding carboxylic acids is 1. The number of methoxy groups -OCH3 is 1. The van der Waals surface area contributed by atoms with E-state index in [0.29, 0.717) is 12.2 Å². The van der Waals surface area contributed by atoms with E-state index < -0.39 is 17.9 Å². The molecule has 0 radical (unpaired) electrons. The highest BCUT2D eigenvalue weighted by Gasteiger charge is 2.16. The van der Waals surface area contributed by atoms with E-state index in [9.17, 15) is 9.59 Å². The van der Waals surface area contributed by atoms with E-state index in [-0.39, 0.29) is 12.2 Å². The van der Waals surface area contributed by atoms with E-state index in [2.05, 4.69) is 20.3 Å². The van der Waals surface area contributed by atoms with Crippen LogP contribution in [0.15, 0.2) is 12.1 Å². The van der Waals surface area contributed by atoms with Gasteiger partial charge in [-0.15, -0.1) is 10.2 Å². The lowest BCUT2D eigenvalue weighted by molar-refractivity contribution is -0.141. The van der Waals surface area contributed by atoms with Crippen LogP contribution in [-0.2, 0) is 9.53 Å². The molecule has 7 heteroatoms. The summed E-state index contributed by atoms with van der Waals surface area (Å²) in [5.74, 6) is -1.44. The Morgan fingerprint density at radius 1 is 1.42 bits per heavy atom. The lowest BCUT2D eigenvalue weighted by Crippen LogP contribution is -2.23. The SMILES string of the molecule is CCCC(CNc1ccc(C(=O)OC)nn1)C(=O)O. The van der Waals surface area contributed by atoms with Crippen molar-refractivity contribution >= 4 is 17.8 Å². The molecular formula is C12H17N3O4. The van der Waals surface area contributed by atoms with Crippen molar-refractivity contribution in [2.45, 2.75) is 19.8 Å². The molecule has 1 rings (SSSR count). The molecule has 0 fully saturated rings. The second-order valence-corrected chi connectivity index (χ2v) is 4.00. The van der Waals surface area contributed by atoms with Crippen LogP contribution in [0.2, 0.25) is 0 Å². The third-order valence-electron chi connectivity index (χ3n) is 2.58. The third-order valence-corrected chi connectivity index (χ3v) is 2.58. The summed E-state index contributed by atoms with van der Waals surface area (Å²) < 4.78 is 4.50. The van der Waals surface area contributed by atoms with Crippen LogP contribution in [0.4, 0.5) is 5.82 Å². The highest BCUT2D eigenvalue weighted by Crippen LogP contribution is 2.09. The van der Waals surface area contributed by atoms with E-state index in [1.54, 1.807) is 6.07 Å². The number of carboxylic acid groups (broad SMARTS) is 1. The average Bonchev–Trinajstić information content (AvgIpc) is 2.42. The normalized spacial score (nSPS) is 11.7. The Morgan fingerprint density at radius 3 is 2.63 bits per heavy atom. The van der Waals surface area contributed by atoms with E-state index in [1.165, 1.54) is 13.2 Å². The average molecular weight is 267 g/mol. The Bertz CT molecular complexity index is 433. The van der Waals surface area contributed by atoms with Gasteiger partial charge in [-0.2, -0.15) is 0 Å². The van der Waals surface area contributed by atoms with Crippen molar-refractivity contribution in [3.05, 3.63) is 17.8 Å². The number of aliphatic carboxylic acids is 1. The lowest BCUT2D eigenvalue weighted by atomic mass is 10.0. The van der Waals surface area contributed by atoms with E-state index in [4.69, 9.17) is 5.11 Å². The first-order chi connectivity index (χ1) is 9.08. The molecular weight excluding hydrogens is 250 g/mol. The molecule has 1 heterocycles. The van der Waals surface area contributed by atoms with Crippen LogP contribution in [0.5, 0.6) is 0 Å². The lowest BCUT2D eigenvalue weighted by Gasteiger charge is -2.12. The molecule has 0 aliphatic rings. The molecule has 1 aromatic rings. The number of esters is 1. The molecule has 0 spiro atoms. The van der Waals surface area contributed by atoms with Crippen molar-refractivity contribution in [3.8, 4) is 0 Å². The fourth-order valence-corrected chi connectivity index (χ4v) is 1.53. The Kier molecular flexibility index (Phi) is 5.72. The first-order valence-corrected chi connectivity index (χ1v) is 5.97. The standard InChI is InChI=1S/C12H17N3O4/c1-3-4-8(11(16)17)7-13-10-6-5-9(14-15-10)12(18)19-2/h5-6,8H,3-4,7H2,1-2H3,(H,13,15)(H,16,17). The quantitative estimate of drug-likeness (QED) is 0.715. The van der Waals surface area contributed by atoms with Gasteiger partial charge in [0.15, 0.2) is 5.69 Å². The summed E-state index contributed by atoms with van der Waals surface area (Å²) in [6.45, 7) is 2.20. The molecule has 0 aliphatic heterocycles. The molecule has 2 N–H and O–H groups in total. The first-order valence-electron chi connectivity index (χ1n) is 5.97. The minimum absolute atomic E-state index is 0.108. The van der Waals surface area contributed by atoms with Crippen molar-refractivity contribution in [2.75, 3.05) is 19.0 Å². The highest BCUT2D eigenvalue weighted by molar-refractivity contribution is 5.86. The van der Waals surface area contributed by atoms with Crippen LogP contribution in [-0.4, -0.2) is 40.9 Å². The Labute approximate surface area is 111 Å². The maximum Gasteiger partial charge on any atom is 0.358 e. The van der Waals surface area contributed by atoms with Gasteiger partial charge in [-0.25, -0.2) is 4.79 Å². The van der Waals surface area contributed by atoms with Crippen LogP contribution in [0.25, 0.3) is 0 Å². The largest absolute Gasteiger partial charge is 0.481 e. The number of ether oxygens (including phenoxy) is 1. The van der Waals surface area contributed by atoms with Gasteiger partial charge in [0.1, 0.15) is 5.82 Å². The fourth-order valence-electron chi connectivity index (χ4n) is 1.53. The molecule has 104 valence electrons. The molecule has 0 aliphatic carbocycles. The topological polar surface area (TPSA) is 101 Å². The summed E-state index contributed by atoms with van der Waals surface area (Å²) in [5, 5.41) is 19.4. The van der Waals surface area contributed by atoms with Gasteiger partial charge in [0, 0.05) is 6.54 Å². The van der Waals surface area contributed by atoms with E-state index in [0.717, 1.165) is 6.42 Å². The van der Waals surface area contributed by atoms with Gasteiger partial charge in [-0.1, -0.05) is 13.3 Å². The fraction of sp³-hybridized carbons (Fsp3) is 0.500.